The fraction of sp³-hybridized carbons (Fsp3) is 0.727. The van der Waals surface area contributed by atoms with Gasteiger partial charge in [0.25, 0.3) is 0 Å². The number of hydrogen-bond acceptors (Lipinski definition) is 2. The number of hydrogen-bond donors (Lipinski definition) is 0. The summed E-state index contributed by atoms with van der Waals surface area (Å²) in [7, 11) is 0. The van der Waals surface area contributed by atoms with Crippen molar-refractivity contribution in [2.45, 2.75) is 46.3 Å². The first-order valence-corrected chi connectivity index (χ1v) is 6.58. The summed E-state index contributed by atoms with van der Waals surface area (Å²) in [6, 6.07) is 0.471. The molecule has 0 fully saturated rings. The second kappa shape index (κ2) is 6.48. The summed E-state index contributed by atoms with van der Waals surface area (Å²) in [5.41, 5.74) is 1.06. The monoisotopic (exact) mass is 322 g/mol. The minimum atomic E-state index is 0.471. The van der Waals surface area contributed by atoms with Crippen molar-refractivity contribution in [3.05, 3.63) is 15.5 Å². The van der Waals surface area contributed by atoms with Gasteiger partial charge < -0.3 is 4.74 Å². The molecule has 1 heterocycles. The Morgan fingerprint density at radius 2 is 2.27 bits per heavy atom. The molecule has 0 saturated carbocycles. The van der Waals surface area contributed by atoms with Crippen LogP contribution in [-0.2, 0) is 11.3 Å². The molecule has 0 N–H and O–H groups in total. The average Bonchev–Trinajstić information content (AvgIpc) is 2.60. The van der Waals surface area contributed by atoms with Gasteiger partial charge in [0.1, 0.15) is 5.69 Å². The smallest absolute Gasteiger partial charge is 0.101 e. The van der Waals surface area contributed by atoms with E-state index in [0.29, 0.717) is 12.6 Å². The maximum atomic E-state index is 5.50. The van der Waals surface area contributed by atoms with Crippen molar-refractivity contribution < 1.29 is 4.74 Å². The molecule has 0 aliphatic rings. The molecular formula is C11H19IN2O. The second-order valence-corrected chi connectivity index (χ2v) is 4.88. The van der Waals surface area contributed by atoms with Crippen LogP contribution in [0.3, 0.4) is 0 Å². The maximum Gasteiger partial charge on any atom is 0.101 e. The van der Waals surface area contributed by atoms with Crippen molar-refractivity contribution in [3.63, 3.8) is 0 Å². The maximum absolute atomic E-state index is 5.50. The van der Waals surface area contributed by atoms with E-state index in [1.165, 1.54) is 3.57 Å². The van der Waals surface area contributed by atoms with Gasteiger partial charge in [-0.1, -0.05) is 13.8 Å². The molecule has 0 amide bonds. The highest BCUT2D eigenvalue weighted by Gasteiger charge is 2.09. The summed E-state index contributed by atoms with van der Waals surface area (Å²) in [6.07, 6.45) is 4.26. The first-order chi connectivity index (χ1) is 7.19. The molecule has 3 nitrogen and oxygen atoms in total. The standard InChI is InChI=1S/C11H19IN2O/c1-4-6-15-8-11-10(12)7-14(13-11)9(3)5-2/h7,9H,4-6,8H2,1-3H3/t9-/m1/s1. The normalized spacial score (nSPS) is 13.1. The van der Waals surface area contributed by atoms with Gasteiger partial charge in [-0.2, -0.15) is 5.10 Å². The largest absolute Gasteiger partial charge is 0.375 e. The van der Waals surface area contributed by atoms with Crippen LogP contribution in [0, 0.1) is 3.57 Å². The van der Waals surface area contributed by atoms with Crippen molar-refractivity contribution in [1.82, 2.24) is 9.78 Å². The van der Waals surface area contributed by atoms with Crippen LogP contribution in [0.2, 0.25) is 0 Å². The Kier molecular flexibility index (Phi) is 5.60. The highest BCUT2D eigenvalue weighted by atomic mass is 127. The molecule has 15 heavy (non-hydrogen) atoms. The van der Waals surface area contributed by atoms with Crippen molar-refractivity contribution in [2.24, 2.45) is 0 Å². The fourth-order valence-electron chi connectivity index (χ4n) is 1.23. The molecule has 1 atom stereocenters. The van der Waals surface area contributed by atoms with E-state index in [4.69, 9.17) is 4.74 Å². The number of rotatable bonds is 6. The SMILES string of the molecule is CCCOCc1nn([C@H](C)CC)cc1I. The number of nitrogens with zero attached hydrogens (tertiary/aromatic N) is 2. The van der Waals surface area contributed by atoms with E-state index in [1.54, 1.807) is 0 Å². The molecule has 0 aromatic carbocycles. The van der Waals surface area contributed by atoms with Crippen LogP contribution in [-0.4, -0.2) is 16.4 Å². The van der Waals surface area contributed by atoms with Crippen LogP contribution >= 0.6 is 22.6 Å². The van der Waals surface area contributed by atoms with E-state index >= 15 is 0 Å². The van der Waals surface area contributed by atoms with Crippen LogP contribution in [0.4, 0.5) is 0 Å². The summed E-state index contributed by atoms with van der Waals surface area (Å²) in [6.45, 7) is 7.91. The van der Waals surface area contributed by atoms with Crippen LogP contribution in [0.25, 0.3) is 0 Å². The van der Waals surface area contributed by atoms with Crippen molar-refractivity contribution in [2.75, 3.05) is 6.61 Å². The summed E-state index contributed by atoms with van der Waals surface area (Å²) in [4.78, 5) is 0. The number of aromatic nitrogens is 2. The predicted molar refractivity (Wildman–Crippen MR) is 69.9 cm³/mol. The first-order valence-electron chi connectivity index (χ1n) is 5.50. The van der Waals surface area contributed by atoms with Gasteiger partial charge in [0.2, 0.25) is 0 Å². The Balaban J connectivity index is 2.60. The Bertz CT molecular complexity index is 299. The molecule has 1 aromatic heterocycles. The minimum Gasteiger partial charge on any atom is -0.375 e. The van der Waals surface area contributed by atoms with Gasteiger partial charge in [0.05, 0.1) is 10.2 Å². The van der Waals surface area contributed by atoms with E-state index in [2.05, 4.69) is 54.7 Å². The number of halogens is 1. The fourth-order valence-corrected chi connectivity index (χ4v) is 1.78. The van der Waals surface area contributed by atoms with E-state index in [-0.39, 0.29) is 0 Å². The second-order valence-electron chi connectivity index (χ2n) is 3.71. The van der Waals surface area contributed by atoms with E-state index in [9.17, 15) is 0 Å². The Hall–Kier alpha value is -0.100. The van der Waals surface area contributed by atoms with Gasteiger partial charge in [-0.3, -0.25) is 4.68 Å². The molecule has 86 valence electrons. The van der Waals surface area contributed by atoms with Crippen molar-refractivity contribution >= 4 is 22.6 Å². The zero-order valence-corrected chi connectivity index (χ0v) is 11.8. The third-order valence-corrected chi connectivity index (χ3v) is 3.29. The van der Waals surface area contributed by atoms with E-state index in [0.717, 1.165) is 25.1 Å². The molecular weight excluding hydrogens is 303 g/mol. The lowest BCUT2D eigenvalue weighted by molar-refractivity contribution is 0.118. The summed E-state index contributed by atoms with van der Waals surface area (Å²) in [5.74, 6) is 0. The van der Waals surface area contributed by atoms with Gasteiger partial charge in [0, 0.05) is 18.8 Å². The van der Waals surface area contributed by atoms with E-state index in [1.807, 2.05) is 4.68 Å². The highest BCUT2D eigenvalue weighted by Crippen LogP contribution is 2.16. The zero-order chi connectivity index (χ0) is 11.3. The Morgan fingerprint density at radius 1 is 1.53 bits per heavy atom. The first kappa shape index (κ1) is 13.0. The molecule has 0 saturated heterocycles. The molecule has 1 rings (SSSR count). The van der Waals surface area contributed by atoms with Crippen molar-refractivity contribution in [3.8, 4) is 0 Å². The van der Waals surface area contributed by atoms with Crippen LogP contribution in [0.5, 0.6) is 0 Å². The predicted octanol–water partition coefficient (Wildman–Crippen LogP) is 3.39. The molecule has 1 aromatic rings. The molecule has 0 radical (unpaired) electrons. The van der Waals surface area contributed by atoms with Crippen LogP contribution < -0.4 is 0 Å². The topological polar surface area (TPSA) is 27.1 Å². The van der Waals surface area contributed by atoms with Gasteiger partial charge in [-0.05, 0) is 42.4 Å². The quantitative estimate of drug-likeness (QED) is 0.593. The zero-order valence-electron chi connectivity index (χ0n) is 9.66. The van der Waals surface area contributed by atoms with Gasteiger partial charge in [0.15, 0.2) is 0 Å². The molecule has 0 aliphatic carbocycles. The summed E-state index contributed by atoms with van der Waals surface area (Å²) < 4.78 is 8.73. The van der Waals surface area contributed by atoms with Gasteiger partial charge in [-0.25, -0.2) is 0 Å². The lowest BCUT2D eigenvalue weighted by Gasteiger charge is -2.07. The molecule has 0 spiro atoms. The Labute approximate surface area is 105 Å². The minimum absolute atomic E-state index is 0.471. The summed E-state index contributed by atoms with van der Waals surface area (Å²) >= 11 is 2.32. The third-order valence-electron chi connectivity index (χ3n) is 2.39. The van der Waals surface area contributed by atoms with Gasteiger partial charge in [-0.15, -0.1) is 0 Å². The molecule has 0 bridgehead atoms. The lowest BCUT2D eigenvalue weighted by Crippen LogP contribution is -2.05. The third kappa shape index (κ3) is 3.75. The van der Waals surface area contributed by atoms with Crippen LogP contribution in [0.15, 0.2) is 6.20 Å². The van der Waals surface area contributed by atoms with Gasteiger partial charge >= 0.3 is 0 Å². The molecule has 0 unspecified atom stereocenters. The summed E-state index contributed by atoms with van der Waals surface area (Å²) in [5, 5.41) is 4.54. The highest BCUT2D eigenvalue weighted by molar-refractivity contribution is 14.1. The number of ether oxygens (including phenoxy) is 1. The van der Waals surface area contributed by atoms with Crippen molar-refractivity contribution in [1.29, 1.82) is 0 Å². The molecule has 4 heteroatoms. The molecule has 0 aliphatic heterocycles. The lowest BCUT2D eigenvalue weighted by atomic mass is 10.3. The average molecular weight is 322 g/mol. The Morgan fingerprint density at radius 3 is 2.87 bits per heavy atom. The van der Waals surface area contributed by atoms with Crippen LogP contribution in [0.1, 0.15) is 45.3 Å². The van der Waals surface area contributed by atoms with E-state index < -0.39 is 0 Å².